The van der Waals surface area contributed by atoms with Crippen LogP contribution in [0.1, 0.15) is 82.5 Å². The molecule has 4 rings (SSSR count). The van der Waals surface area contributed by atoms with E-state index in [2.05, 4.69) is 102 Å². The molecule has 54 heavy (non-hydrogen) atoms. The van der Waals surface area contributed by atoms with Gasteiger partial charge in [-0.3, -0.25) is 19.6 Å². The minimum absolute atomic E-state index is 0. The second-order valence-electron chi connectivity index (χ2n) is 8.49. The Morgan fingerprint density at radius 1 is 0.889 bits per heavy atom. The Morgan fingerprint density at radius 2 is 1.31 bits per heavy atom. The molecule has 0 unspecified atom stereocenters. The first-order chi connectivity index (χ1) is 24.2. The number of hydrogen-bond acceptors (Lipinski definition) is 15. The minimum Gasteiger partial charge on any atom is 0 e. The summed E-state index contributed by atoms with van der Waals surface area (Å²) < 4.78 is 3.61. The monoisotopic (exact) mass is 1100 g/mol. The number of halogens is 2. The molecule has 295 valence electrons. The standard InChI is InChI=1S/C10H11N3S.C6H5NO.C4H6N2S.C4H6O4.2C3H7.C2H3BO2.CH4.2HI.Na.2V/c1-8-7-14-10(13-8)12-6-9-4-2-3-5-11-9;8-5-6-3-1-2-4-7-6;1-3-2-7-4(5)6-3;1-3(5)7-8-4(2)6;2*1-3-2;1-2(4)5-3;;;;;;/h2-5,7H,6H2,1H3,(H,12,13);1-5H;2H,1H3,(H2,5,6);1-2H3;2*1,3H2,2H3;1H3;1H4;2*1H;;;/q;;;;3*-1;;;;+1;;+2/p-2. The number of anilines is 2. The topological polar surface area (TPSA) is 186 Å². The third-order valence-electron chi connectivity index (χ3n) is 3.65. The van der Waals surface area contributed by atoms with E-state index >= 15 is 0 Å². The molecule has 4 aromatic rings. The molecule has 0 amide bonds. The van der Waals surface area contributed by atoms with Crippen molar-refractivity contribution in [2.75, 3.05) is 11.1 Å². The predicted octanol–water partition coefficient (Wildman–Crippen LogP) is 5.91. The third kappa shape index (κ3) is 57.7. The molecule has 0 aromatic carbocycles. The first-order valence-corrected chi connectivity index (χ1v) is 25.3. The van der Waals surface area contributed by atoms with Crippen LogP contribution in [0.2, 0.25) is 0 Å². The average Bonchev–Trinajstić information content (AvgIpc) is 3.71. The Labute approximate surface area is 394 Å². The van der Waals surface area contributed by atoms with Crippen LogP contribution in [0, 0.1) is 27.7 Å². The number of nitrogens with zero attached hydrogens (tertiary/aromatic N) is 4. The molecule has 21 heteroatoms. The van der Waals surface area contributed by atoms with Crippen LogP contribution < -0.4 is 40.6 Å². The molecule has 3 N–H and O–H groups in total. The second kappa shape index (κ2) is 51.9. The Bertz CT molecular complexity index is 1370. The largest absolute Gasteiger partial charge is 1.00 e. The van der Waals surface area contributed by atoms with Crippen molar-refractivity contribution in [3.63, 3.8) is 0 Å². The molecule has 0 aliphatic heterocycles. The summed E-state index contributed by atoms with van der Waals surface area (Å²) in [5, 5.41) is 8.78. The van der Waals surface area contributed by atoms with Gasteiger partial charge >= 0.3 is 90.9 Å². The number of pyridine rings is 2. The Kier molecular flexibility index (Phi) is 65.1. The van der Waals surface area contributed by atoms with Crippen molar-refractivity contribution in [1.29, 1.82) is 0 Å². The van der Waals surface area contributed by atoms with Gasteiger partial charge in [0.15, 0.2) is 16.5 Å². The van der Waals surface area contributed by atoms with Crippen molar-refractivity contribution in [3.8, 4) is 0 Å². The molecule has 0 atom stereocenters. The van der Waals surface area contributed by atoms with Gasteiger partial charge in [0, 0.05) is 62.5 Å². The summed E-state index contributed by atoms with van der Waals surface area (Å²) in [7, 11) is 4.95. The smallest absolute Gasteiger partial charge is 0 e. The van der Waals surface area contributed by atoms with E-state index in [1.165, 1.54) is 18.3 Å². The van der Waals surface area contributed by atoms with E-state index in [0.29, 0.717) is 20.3 Å². The van der Waals surface area contributed by atoms with Crippen molar-refractivity contribution in [3.05, 3.63) is 96.2 Å². The van der Waals surface area contributed by atoms with Crippen LogP contribution in [0.5, 0.6) is 0 Å². The van der Waals surface area contributed by atoms with E-state index in [0.717, 1.165) is 61.7 Å². The first kappa shape index (κ1) is 67.7. The van der Waals surface area contributed by atoms with Gasteiger partial charge in [-0.1, -0.05) is 33.4 Å². The summed E-state index contributed by atoms with van der Waals surface area (Å²) >= 11 is 7.83. The van der Waals surface area contributed by atoms with Crippen molar-refractivity contribution >= 4 is 105 Å². The van der Waals surface area contributed by atoms with Crippen molar-refractivity contribution < 1.29 is 91.2 Å². The Morgan fingerprint density at radius 3 is 1.56 bits per heavy atom. The number of thiazole rings is 2. The summed E-state index contributed by atoms with van der Waals surface area (Å²) in [5.74, 6) is -1.74. The number of aromatic nitrogens is 4. The molecule has 0 aliphatic carbocycles. The molecule has 0 bridgehead atoms. The van der Waals surface area contributed by atoms with Gasteiger partial charge in [-0.2, -0.15) is 12.8 Å². The maximum absolute atomic E-state index is 9.94. The quantitative estimate of drug-likeness (QED) is 0.0614. The number of carbonyl (C=O) groups excluding carboxylic acids is 4. The summed E-state index contributed by atoms with van der Waals surface area (Å²) in [6.45, 7) is 19.2. The number of nitrogens with one attached hydrogen (secondary N) is 1. The molecule has 0 spiro atoms. The van der Waals surface area contributed by atoms with Crippen LogP contribution in [0.4, 0.5) is 10.3 Å². The van der Waals surface area contributed by atoms with Gasteiger partial charge in [0.05, 0.1) is 23.6 Å². The summed E-state index contributed by atoms with van der Waals surface area (Å²) in [6, 6.07) is 11.1. The molecular weight excluding hydrogens is 1050 g/mol. The Hall–Kier alpha value is -1.07. The summed E-state index contributed by atoms with van der Waals surface area (Å²) in [6.07, 6.45) is 6.11. The molecule has 0 aliphatic rings. The van der Waals surface area contributed by atoms with Crippen LogP contribution in [0.15, 0.2) is 59.6 Å². The van der Waals surface area contributed by atoms with Crippen molar-refractivity contribution in [1.82, 2.24) is 19.9 Å². The zero-order chi connectivity index (χ0) is 39.9. The molecule has 0 fully saturated rings. The van der Waals surface area contributed by atoms with Gasteiger partial charge in [-0.05, 0) is 38.1 Å². The summed E-state index contributed by atoms with van der Waals surface area (Å²) in [5.41, 5.74) is 8.85. The molecule has 0 saturated heterocycles. The normalized spacial score (nSPS) is 7.78. The van der Waals surface area contributed by atoms with E-state index in [-0.39, 0.29) is 55.5 Å². The number of aldehydes is 1. The van der Waals surface area contributed by atoms with E-state index in [1.54, 1.807) is 41.9 Å². The minimum atomic E-state index is -0.639. The molecule has 4 aromatic heterocycles. The van der Waals surface area contributed by atoms with Gasteiger partial charge in [0.1, 0.15) is 5.69 Å². The van der Waals surface area contributed by atoms with Crippen LogP contribution in [-0.2, 0) is 63.4 Å². The fraction of sp³-hybridized carbons (Fsp3) is 0.333. The van der Waals surface area contributed by atoms with Crippen LogP contribution in [0.25, 0.3) is 0 Å². The van der Waals surface area contributed by atoms with Gasteiger partial charge < -0.3 is 37.6 Å². The SMILES string of the molecule is C.CC(=O)OOC(C)=O.Cc1csc(N)n1.Cc1csc(NCc2ccccn2)n1.O=Cc1ccccn1.[B-]OC(C)=O.[CH2-]CC.[CH2-]CC.[I][V][I].[Na+].[V]. The van der Waals surface area contributed by atoms with Gasteiger partial charge in [0.25, 0.3) is 0 Å². The number of rotatable bonds is 4. The predicted molar refractivity (Wildman–Crippen MR) is 226 cm³/mol. The third-order valence-corrected chi connectivity index (χ3v) is 5.36. The number of nitrogens with two attached hydrogens (primary N) is 1. The van der Waals surface area contributed by atoms with Crippen LogP contribution in [-0.4, -0.2) is 52.2 Å². The first-order valence-electron chi connectivity index (χ1n) is 14.5. The van der Waals surface area contributed by atoms with E-state index < -0.39 is 17.9 Å². The zero-order valence-electron chi connectivity index (χ0n) is 31.2. The molecule has 13 nitrogen and oxygen atoms in total. The van der Waals surface area contributed by atoms with Crippen LogP contribution >= 0.6 is 62.6 Å². The van der Waals surface area contributed by atoms with E-state index in [9.17, 15) is 19.2 Å². The maximum Gasteiger partial charge on any atom is 1.00 e. The zero-order valence-corrected chi connectivity index (χ0v) is 41.9. The maximum atomic E-state index is 9.94. The fourth-order valence-corrected chi connectivity index (χ4v) is 3.27. The van der Waals surface area contributed by atoms with Crippen molar-refractivity contribution in [2.45, 2.75) is 75.3 Å². The molecule has 4 radical (unpaired) electrons. The molecular formula is C33H49BI2N6NaO7S2V2-2. The number of hydrogen-bond donors (Lipinski definition) is 2. The van der Waals surface area contributed by atoms with Gasteiger partial charge in [0.2, 0.25) is 5.97 Å². The molecule has 0 saturated carbocycles. The summed E-state index contributed by atoms with van der Waals surface area (Å²) in [4.78, 5) is 62.9. The van der Waals surface area contributed by atoms with Crippen LogP contribution in [0.3, 0.4) is 0 Å². The van der Waals surface area contributed by atoms with Gasteiger partial charge in [-0.15, -0.1) is 22.7 Å². The van der Waals surface area contributed by atoms with Gasteiger partial charge in [-0.25, -0.2) is 29.3 Å². The number of carbonyl (C=O) groups is 4. The number of aryl methyl sites for hydroxylation is 2. The molecule has 4 heterocycles. The van der Waals surface area contributed by atoms with E-state index in [4.69, 9.17) is 5.73 Å². The average molecular weight is 1100 g/mol. The second-order valence-corrected chi connectivity index (χ2v) is 22.0. The fourth-order valence-electron chi connectivity index (χ4n) is 2.04. The Balaban J connectivity index is -0.0000000986. The van der Waals surface area contributed by atoms with Crippen molar-refractivity contribution in [2.24, 2.45) is 0 Å². The van der Waals surface area contributed by atoms with E-state index in [1.807, 2.05) is 56.7 Å². The number of nitrogen functional groups attached to an aromatic ring is 1.